The first-order valence-electron chi connectivity index (χ1n) is 5.04. The first kappa shape index (κ1) is 14.4. The van der Waals surface area contributed by atoms with Crippen molar-refractivity contribution in [3.05, 3.63) is 48.5 Å². The van der Waals surface area contributed by atoms with E-state index in [0.717, 1.165) is 21.6 Å². The van der Waals surface area contributed by atoms with Gasteiger partial charge < -0.3 is 11.0 Å². The molecule has 0 atom stereocenters. The largest absolute Gasteiger partial charge is 0.870 e. The number of fused-ring (bicyclic) bond motifs is 1. The van der Waals surface area contributed by atoms with Crippen LogP contribution in [-0.4, -0.2) is 23.8 Å². The fourth-order valence-corrected chi connectivity index (χ4v) is 2.63. The van der Waals surface area contributed by atoms with Crippen LogP contribution in [0.5, 0.6) is 0 Å². The first-order chi connectivity index (χ1) is 7.83. The molecular formula is C13H10BNO2S. The van der Waals surface area contributed by atoms with E-state index < -0.39 is 0 Å². The van der Waals surface area contributed by atoms with Crippen LogP contribution >= 0.6 is 11.3 Å². The zero-order valence-corrected chi connectivity index (χ0v) is 10.3. The minimum Gasteiger partial charge on any atom is -0.870 e. The Balaban J connectivity index is 0.000000810. The van der Waals surface area contributed by atoms with Crippen molar-refractivity contribution in [3.63, 3.8) is 0 Å². The van der Waals surface area contributed by atoms with Gasteiger partial charge >= 0.3 is 98.9 Å². The molecule has 0 radical (unpaired) electrons. The van der Waals surface area contributed by atoms with Gasteiger partial charge in [0.2, 0.25) is 0 Å². The fourth-order valence-electron chi connectivity index (χ4n) is 1.67. The number of para-hydroxylation sites is 1. The van der Waals surface area contributed by atoms with Crippen LogP contribution in [0.25, 0.3) is 20.8 Å². The second kappa shape index (κ2) is 5.77. The molecule has 0 unspecified atom stereocenters. The zero-order valence-electron chi connectivity index (χ0n) is 9.45. The topological polar surface area (TPSA) is 72.9 Å². The van der Waals surface area contributed by atoms with E-state index in [1.807, 2.05) is 42.5 Å². The van der Waals surface area contributed by atoms with E-state index in [1.54, 1.807) is 11.3 Å². The Bertz CT molecular complexity index is 621. The maximum absolute atomic E-state index is 5.77. The SMILES string of the molecule is [B+2]c1cccc(-c2nc3ccccc3s2)c1.[OH-].[OH-]. The molecule has 18 heavy (non-hydrogen) atoms. The average Bonchev–Trinajstić information content (AvgIpc) is 2.72. The van der Waals surface area contributed by atoms with Gasteiger partial charge in [0.05, 0.1) is 0 Å². The number of thiazole rings is 1. The third-order valence-corrected chi connectivity index (χ3v) is 3.51. The molecule has 3 aromatic rings. The Labute approximate surface area is 110 Å². The number of hydrogen-bond donors (Lipinski definition) is 0. The molecule has 0 aliphatic heterocycles. The average molecular weight is 255 g/mol. The first-order valence-corrected chi connectivity index (χ1v) is 5.86. The summed E-state index contributed by atoms with van der Waals surface area (Å²) >= 11 is 1.69. The van der Waals surface area contributed by atoms with Gasteiger partial charge in [-0.3, -0.25) is 0 Å². The van der Waals surface area contributed by atoms with Gasteiger partial charge in [0.15, 0.2) is 0 Å². The van der Waals surface area contributed by atoms with E-state index in [9.17, 15) is 0 Å². The summed E-state index contributed by atoms with van der Waals surface area (Å²) < 4.78 is 1.21. The van der Waals surface area contributed by atoms with Gasteiger partial charge in [-0.15, -0.1) is 0 Å². The molecule has 3 nitrogen and oxygen atoms in total. The number of hydrogen-bond acceptors (Lipinski definition) is 4. The predicted octanol–water partition coefficient (Wildman–Crippen LogP) is 2.40. The number of aromatic nitrogens is 1. The molecule has 0 aliphatic carbocycles. The summed E-state index contributed by atoms with van der Waals surface area (Å²) in [4.78, 5) is 4.59. The maximum atomic E-state index is 5.77. The Morgan fingerprint density at radius 1 is 0.944 bits per heavy atom. The van der Waals surface area contributed by atoms with Crippen molar-refractivity contribution in [3.8, 4) is 10.6 Å². The van der Waals surface area contributed by atoms with Crippen LogP contribution in [-0.2, 0) is 0 Å². The predicted molar refractivity (Wildman–Crippen MR) is 74.3 cm³/mol. The molecule has 1 heterocycles. The van der Waals surface area contributed by atoms with Crippen LogP contribution in [0.15, 0.2) is 48.5 Å². The molecule has 0 aliphatic rings. The van der Waals surface area contributed by atoms with Crippen molar-refractivity contribution in [2.24, 2.45) is 0 Å². The van der Waals surface area contributed by atoms with Crippen molar-refractivity contribution >= 4 is 34.9 Å². The van der Waals surface area contributed by atoms with Crippen LogP contribution < -0.4 is 5.46 Å². The smallest absolute Gasteiger partial charge is 0.870 e. The van der Waals surface area contributed by atoms with Gasteiger partial charge in [0.25, 0.3) is 0 Å². The Morgan fingerprint density at radius 2 is 1.72 bits per heavy atom. The maximum Gasteiger partial charge on any atom is -0.870 e. The van der Waals surface area contributed by atoms with E-state index >= 15 is 0 Å². The monoisotopic (exact) mass is 255 g/mol. The molecule has 3 rings (SSSR count). The van der Waals surface area contributed by atoms with E-state index in [4.69, 9.17) is 7.85 Å². The third kappa shape index (κ3) is 2.59. The van der Waals surface area contributed by atoms with Crippen molar-refractivity contribution in [2.75, 3.05) is 0 Å². The number of rotatable bonds is 1. The number of nitrogens with zero attached hydrogens (tertiary/aromatic N) is 1. The summed E-state index contributed by atoms with van der Waals surface area (Å²) in [5, 5.41) is 1.02. The second-order valence-corrected chi connectivity index (χ2v) is 4.64. The molecular weight excluding hydrogens is 245 g/mol. The minimum atomic E-state index is 0. The third-order valence-electron chi connectivity index (χ3n) is 2.43. The van der Waals surface area contributed by atoms with Crippen molar-refractivity contribution in [1.29, 1.82) is 0 Å². The van der Waals surface area contributed by atoms with Crippen LogP contribution in [0.2, 0.25) is 0 Å². The summed E-state index contributed by atoms with van der Waals surface area (Å²) in [5.74, 6) is 0. The van der Waals surface area contributed by atoms with Crippen LogP contribution in [0.1, 0.15) is 0 Å². The van der Waals surface area contributed by atoms with Crippen LogP contribution in [0.3, 0.4) is 0 Å². The van der Waals surface area contributed by atoms with Crippen LogP contribution in [0, 0.1) is 0 Å². The second-order valence-electron chi connectivity index (χ2n) is 3.61. The van der Waals surface area contributed by atoms with Gasteiger partial charge in [0.1, 0.15) is 0 Å². The molecule has 0 bridgehead atoms. The van der Waals surface area contributed by atoms with Gasteiger partial charge in [-0.2, -0.15) is 0 Å². The summed E-state index contributed by atoms with van der Waals surface area (Å²) in [6, 6.07) is 16.0. The number of benzene rings is 2. The quantitative estimate of drug-likeness (QED) is 0.626. The van der Waals surface area contributed by atoms with Gasteiger partial charge in [-0.25, -0.2) is 0 Å². The molecule has 0 saturated heterocycles. The van der Waals surface area contributed by atoms with Gasteiger partial charge in [0, 0.05) is 0 Å². The molecule has 5 heteroatoms. The zero-order chi connectivity index (χ0) is 11.0. The molecule has 1 aromatic heterocycles. The molecule has 0 saturated carbocycles. The Hall–Kier alpha value is -1.69. The molecule has 0 amide bonds. The van der Waals surface area contributed by atoms with Crippen molar-refractivity contribution in [2.45, 2.75) is 0 Å². The summed E-state index contributed by atoms with van der Waals surface area (Å²) in [7, 11) is 5.77. The standard InChI is InChI=1S/C13H8BNS.2H2O/c14-10-5-3-4-9(8-10)13-15-11-6-1-2-7-12(11)16-13;;/h1-8H;2*1H2/q+2;;/p-2. The van der Waals surface area contributed by atoms with Crippen molar-refractivity contribution < 1.29 is 11.0 Å². The van der Waals surface area contributed by atoms with E-state index in [0.29, 0.717) is 0 Å². The van der Waals surface area contributed by atoms with E-state index in [-0.39, 0.29) is 11.0 Å². The van der Waals surface area contributed by atoms with E-state index in [1.165, 1.54) is 4.70 Å². The summed E-state index contributed by atoms with van der Waals surface area (Å²) in [6.45, 7) is 0. The Morgan fingerprint density at radius 3 is 2.44 bits per heavy atom. The minimum absolute atomic E-state index is 0. The molecule has 2 N–H and O–H groups in total. The van der Waals surface area contributed by atoms with Crippen molar-refractivity contribution in [1.82, 2.24) is 4.98 Å². The van der Waals surface area contributed by atoms with Crippen LogP contribution in [0.4, 0.5) is 0 Å². The summed E-state index contributed by atoms with van der Waals surface area (Å²) in [5.41, 5.74) is 2.91. The molecule has 88 valence electrons. The molecule has 0 fully saturated rings. The summed E-state index contributed by atoms with van der Waals surface area (Å²) in [6.07, 6.45) is 0. The molecule has 0 spiro atoms. The van der Waals surface area contributed by atoms with E-state index in [2.05, 4.69) is 11.1 Å². The normalized spacial score (nSPS) is 9.67. The van der Waals surface area contributed by atoms with Gasteiger partial charge in [-0.05, 0) is 0 Å². The van der Waals surface area contributed by atoms with Gasteiger partial charge in [-0.1, -0.05) is 0 Å². The fraction of sp³-hybridized carbons (Fsp3) is 0. The molecule has 2 aromatic carbocycles. The Kier molecular flexibility index (Phi) is 4.61.